The van der Waals surface area contributed by atoms with Gasteiger partial charge in [0.05, 0.1) is 0 Å². The fraction of sp³-hybridized carbons (Fsp3) is 0.818. The Hall–Kier alpha value is -0.900. The van der Waals surface area contributed by atoms with Crippen molar-refractivity contribution in [2.45, 2.75) is 51.4 Å². The molecule has 4 nitrogen and oxygen atoms in total. The van der Waals surface area contributed by atoms with Crippen LogP contribution in [0.3, 0.4) is 0 Å². The van der Waals surface area contributed by atoms with E-state index >= 15 is 0 Å². The summed E-state index contributed by atoms with van der Waals surface area (Å²) in [6, 6.07) is 0. The van der Waals surface area contributed by atoms with E-state index in [0.717, 1.165) is 38.5 Å². The number of carboxylic acid groups (broad SMARTS) is 1. The molecule has 0 amide bonds. The number of aliphatic hydroxyl groups excluding tert-OH is 1. The lowest BCUT2D eigenvalue weighted by Crippen LogP contribution is -2.02. The van der Waals surface area contributed by atoms with Gasteiger partial charge in [-0.15, -0.1) is 0 Å². The highest BCUT2D eigenvalue weighted by molar-refractivity contribution is 5.79. The Morgan fingerprint density at radius 2 is 1.27 bits per heavy atom. The normalized spacial score (nSPS) is 10.2. The number of Topliss-reactive ketones (excluding diaryl/α,β-unsaturated/α-hetero) is 1. The number of rotatable bonds is 10. The first-order chi connectivity index (χ1) is 7.16. The Morgan fingerprint density at radius 1 is 0.800 bits per heavy atom. The van der Waals surface area contributed by atoms with Gasteiger partial charge in [-0.2, -0.15) is 0 Å². The first kappa shape index (κ1) is 14.1. The Labute approximate surface area is 90.3 Å². The van der Waals surface area contributed by atoms with Gasteiger partial charge in [0, 0.05) is 12.8 Å². The van der Waals surface area contributed by atoms with E-state index in [0.29, 0.717) is 6.42 Å². The maximum Gasteiger partial charge on any atom is 0.303 e. The molecule has 0 aromatic heterocycles. The van der Waals surface area contributed by atoms with Crippen molar-refractivity contribution in [1.29, 1.82) is 0 Å². The highest BCUT2D eigenvalue weighted by Gasteiger charge is 1.99. The third-order valence-electron chi connectivity index (χ3n) is 2.27. The summed E-state index contributed by atoms with van der Waals surface area (Å²) in [5.74, 6) is -0.829. The highest BCUT2D eigenvalue weighted by atomic mass is 16.4. The Balaban J connectivity index is 3.05. The fourth-order valence-electron chi connectivity index (χ4n) is 1.38. The minimum atomic E-state index is -0.733. The molecule has 0 aliphatic rings. The predicted molar refractivity (Wildman–Crippen MR) is 56.7 cm³/mol. The molecule has 0 saturated heterocycles. The molecular formula is C11H20O4. The molecule has 0 unspecified atom stereocenters. The molecule has 4 heteroatoms. The molecule has 15 heavy (non-hydrogen) atoms. The van der Waals surface area contributed by atoms with Crippen LogP contribution < -0.4 is 0 Å². The van der Waals surface area contributed by atoms with Crippen LogP contribution in [-0.2, 0) is 9.59 Å². The summed E-state index contributed by atoms with van der Waals surface area (Å²) in [6.45, 7) is -0.349. The van der Waals surface area contributed by atoms with Gasteiger partial charge in [-0.3, -0.25) is 9.59 Å². The van der Waals surface area contributed by atoms with Gasteiger partial charge >= 0.3 is 5.97 Å². The van der Waals surface area contributed by atoms with Crippen molar-refractivity contribution in [3.63, 3.8) is 0 Å². The zero-order valence-electron chi connectivity index (χ0n) is 9.07. The molecule has 0 aliphatic heterocycles. The molecule has 0 bridgehead atoms. The summed E-state index contributed by atoms with van der Waals surface area (Å²) in [7, 11) is 0. The molecule has 0 aromatic carbocycles. The van der Waals surface area contributed by atoms with E-state index in [1.165, 1.54) is 0 Å². The maximum absolute atomic E-state index is 10.7. The second kappa shape index (κ2) is 9.65. The molecule has 0 aromatic rings. The third-order valence-corrected chi connectivity index (χ3v) is 2.27. The van der Waals surface area contributed by atoms with Gasteiger partial charge in [0.2, 0.25) is 0 Å². The van der Waals surface area contributed by atoms with Crippen LogP contribution in [0.5, 0.6) is 0 Å². The summed E-state index contributed by atoms with van der Waals surface area (Å²) in [4.78, 5) is 20.9. The van der Waals surface area contributed by atoms with Crippen molar-refractivity contribution in [2.24, 2.45) is 0 Å². The number of carboxylic acids is 1. The van der Waals surface area contributed by atoms with E-state index in [2.05, 4.69) is 0 Å². The molecule has 0 spiro atoms. The molecule has 0 radical (unpaired) electrons. The quantitative estimate of drug-likeness (QED) is 0.545. The van der Waals surface area contributed by atoms with Crippen LogP contribution in [0.1, 0.15) is 51.4 Å². The van der Waals surface area contributed by atoms with E-state index in [1.807, 2.05) is 0 Å². The summed E-state index contributed by atoms with van der Waals surface area (Å²) >= 11 is 0. The number of unbranched alkanes of at least 4 members (excludes halogenated alkanes) is 5. The molecule has 88 valence electrons. The monoisotopic (exact) mass is 216 g/mol. The maximum atomic E-state index is 10.7. The van der Waals surface area contributed by atoms with Gasteiger partial charge in [0.25, 0.3) is 0 Å². The summed E-state index contributed by atoms with van der Waals surface area (Å²) in [6.07, 6.45) is 6.29. The second-order valence-electron chi connectivity index (χ2n) is 3.71. The van der Waals surface area contributed by atoms with Crippen LogP contribution in [0.2, 0.25) is 0 Å². The van der Waals surface area contributed by atoms with Gasteiger partial charge in [0.1, 0.15) is 6.61 Å². The van der Waals surface area contributed by atoms with Gasteiger partial charge < -0.3 is 10.2 Å². The smallest absolute Gasteiger partial charge is 0.303 e. The number of aliphatic hydroxyl groups is 1. The largest absolute Gasteiger partial charge is 0.481 e. The van der Waals surface area contributed by atoms with Crippen LogP contribution in [0, 0.1) is 0 Å². The van der Waals surface area contributed by atoms with Gasteiger partial charge in [-0.25, -0.2) is 0 Å². The number of carbonyl (C=O) groups excluding carboxylic acids is 1. The van der Waals surface area contributed by atoms with E-state index in [4.69, 9.17) is 10.2 Å². The lowest BCUT2D eigenvalue weighted by atomic mass is 10.1. The van der Waals surface area contributed by atoms with Crippen LogP contribution in [-0.4, -0.2) is 28.6 Å². The van der Waals surface area contributed by atoms with Gasteiger partial charge in [0.15, 0.2) is 5.78 Å². The lowest BCUT2D eigenvalue weighted by Gasteiger charge is -2.00. The van der Waals surface area contributed by atoms with E-state index in [9.17, 15) is 9.59 Å². The molecule has 0 atom stereocenters. The van der Waals surface area contributed by atoms with Crippen LogP contribution in [0.25, 0.3) is 0 Å². The minimum Gasteiger partial charge on any atom is -0.481 e. The SMILES string of the molecule is O=C(O)CCCCCCCCC(=O)CO. The lowest BCUT2D eigenvalue weighted by molar-refractivity contribution is -0.137. The van der Waals surface area contributed by atoms with E-state index in [-0.39, 0.29) is 18.8 Å². The topological polar surface area (TPSA) is 74.6 Å². The van der Waals surface area contributed by atoms with Crippen molar-refractivity contribution in [1.82, 2.24) is 0 Å². The molecule has 2 N–H and O–H groups in total. The first-order valence-corrected chi connectivity index (χ1v) is 5.51. The van der Waals surface area contributed by atoms with Crippen molar-refractivity contribution in [3.05, 3.63) is 0 Å². The number of hydrogen-bond acceptors (Lipinski definition) is 3. The molecule has 0 fully saturated rings. The average molecular weight is 216 g/mol. The van der Waals surface area contributed by atoms with Crippen LogP contribution in [0.4, 0.5) is 0 Å². The third kappa shape index (κ3) is 11.0. The van der Waals surface area contributed by atoms with Crippen molar-refractivity contribution >= 4 is 11.8 Å². The molecule has 0 heterocycles. The molecule has 0 saturated carbocycles. The molecule has 0 aliphatic carbocycles. The van der Waals surface area contributed by atoms with Crippen LogP contribution in [0.15, 0.2) is 0 Å². The van der Waals surface area contributed by atoms with Crippen molar-refractivity contribution < 1.29 is 19.8 Å². The first-order valence-electron chi connectivity index (χ1n) is 5.51. The zero-order valence-corrected chi connectivity index (χ0v) is 9.07. The molecular weight excluding hydrogens is 196 g/mol. The number of ketones is 1. The average Bonchev–Trinajstić information content (AvgIpc) is 2.21. The van der Waals surface area contributed by atoms with Crippen molar-refractivity contribution in [2.75, 3.05) is 6.61 Å². The van der Waals surface area contributed by atoms with Crippen molar-refractivity contribution in [3.8, 4) is 0 Å². The standard InChI is InChI=1S/C11H20O4/c12-9-10(13)7-5-3-1-2-4-6-8-11(14)15/h12H,1-9H2,(H,14,15). The van der Waals surface area contributed by atoms with E-state index < -0.39 is 5.97 Å². The Morgan fingerprint density at radius 3 is 1.73 bits per heavy atom. The summed E-state index contributed by atoms with van der Waals surface area (Å²) in [5.41, 5.74) is 0. The summed E-state index contributed by atoms with van der Waals surface area (Å²) in [5, 5.41) is 16.8. The predicted octanol–water partition coefficient (Wildman–Crippen LogP) is 1.75. The van der Waals surface area contributed by atoms with E-state index in [1.54, 1.807) is 0 Å². The molecule has 0 rings (SSSR count). The highest BCUT2D eigenvalue weighted by Crippen LogP contribution is 2.08. The number of carbonyl (C=O) groups is 2. The number of hydrogen-bond donors (Lipinski definition) is 2. The number of aliphatic carboxylic acids is 1. The second-order valence-corrected chi connectivity index (χ2v) is 3.71. The fourth-order valence-corrected chi connectivity index (χ4v) is 1.38. The van der Waals surface area contributed by atoms with Gasteiger partial charge in [-0.05, 0) is 12.8 Å². The zero-order chi connectivity index (χ0) is 11.5. The minimum absolute atomic E-state index is 0.0964. The Bertz CT molecular complexity index is 189. The van der Waals surface area contributed by atoms with Gasteiger partial charge in [-0.1, -0.05) is 25.7 Å². The summed E-state index contributed by atoms with van der Waals surface area (Å²) < 4.78 is 0. The van der Waals surface area contributed by atoms with Crippen LogP contribution >= 0.6 is 0 Å². The Kier molecular flexibility index (Phi) is 9.07.